The van der Waals surface area contributed by atoms with Gasteiger partial charge in [0.2, 0.25) is 0 Å². The summed E-state index contributed by atoms with van der Waals surface area (Å²) in [7, 11) is 1.92. The Balaban J connectivity index is 1.97. The number of halogens is 1. The van der Waals surface area contributed by atoms with E-state index in [-0.39, 0.29) is 5.78 Å². The van der Waals surface area contributed by atoms with Crippen LogP contribution in [0.5, 0.6) is 0 Å². The Morgan fingerprint density at radius 1 is 1.33 bits per heavy atom. The molecule has 94 valence electrons. The average molecular weight is 308 g/mol. The first-order chi connectivity index (χ1) is 8.66. The fourth-order valence-electron chi connectivity index (χ4n) is 1.77. The van der Waals surface area contributed by atoms with E-state index in [1.54, 1.807) is 12.5 Å². The summed E-state index contributed by atoms with van der Waals surface area (Å²) in [4.78, 5) is 14.1. The molecule has 2 rings (SSSR count). The third kappa shape index (κ3) is 3.31. The normalized spacial score (nSPS) is 10.8. The summed E-state index contributed by atoms with van der Waals surface area (Å²) >= 11 is 3.39. The Morgan fingerprint density at radius 2 is 2.11 bits per heavy atom. The first-order valence-corrected chi connectivity index (χ1v) is 6.43. The molecule has 0 saturated carbocycles. The summed E-state index contributed by atoms with van der Waals surface area (Å²) in [6.07, 6.45) is 3.33. The summed E-state index contributed by atoms with van der Waals surface area (Å²) in [5.41, 5.74) is 1.79. The van der Waals surface area contributed by atoms with Crippen molar-refractivity contribution >= 4 is 21.7 Å². The fourth-order valence-corrected chi connectivity index (χ4v) is 2.27. The van der Waals surface area contributed by atoms with Crippen LogP contribution in [0, 0.1) is 0 Å². The van der Waals surface area contributed by atoms with Crippen molar-refractivity contribution in [3.05, 3.63) is 58.5 Å². The lowest BCUT2D eigenvalue weighted by Crippen LogP contribution is -2.25. The second-order valence-electron chi connectivity index (χ2n) is 4.21. The number of likely N-dealkylation sites (N-methyl/N-ethyl adjacent to an activating group) is 1. The van der Waals surface area contributed by atoms with Gasteiger partial charge < -0.3 is 4.42 Å². The van der Waals surface area contributed by atoms with E-state index in [0.29, 0.717) is 13.1 Å². The van der Waals surface area contributed by atoms with E-state index in [9.17, 15) is 4.79 Å². The van der Waals surface area contributed by atoms with E-state index < -0.39 is 0 Å². The molecule has 1 aromatic heterocycles. The van der Waals surface area contributed by atoms with Gasteiger partial charge in [-0.15, -0.1) is 0 Å². The highest BCUT2D eigenvalue weighted by atomic mass is 79.9. The van der Waals surface area contributed by atoms with Crippen LogP contribution in [0.4, 0.5) is 0 Å². The minimum Gasteiger partial charge on any atom is -0.472 e. The molecule has 0 radical (unpaired) electrons. The van der Waals surface area contributed by atoms with Crippen molar-refractivity contribution in [3.8, 4) is 0 Å². The Hall–Kier alpha value is -1.39. The Kier molecular flexibility index (Phi) is 4.33. The molecule has 0 spiro atoms. The zero-order valence-corrected chi connectivity index (χ0v) is 11.7. The number of hydrogen-bond donors (Lipinski definition) is 0. The van der Waals surface area contributed by atoms with Gasteiger partial charge in [-0.25, -0.2) is 0 Å². The number of nitrogens with zero attached hydrogens (tertiary/aromatic N) is 1. The van der Waals surface area contributed by atoms with Gasteiger partial charge in [0.15, 0.2) is 5.78 Å². The highest BCUT2D eigenvalue weighted by Gasteiger charge is 2.12. The molecule has 0 atom stereocenters. The lowest BCUT2D eigenvalue weighted by atomic mass is 10.1. The minimum absolute atomic E-state index is 0.105. The molecule has 4 heteroatoms. The molecule has 2 aromatic rings. The van der Waals surface area contributed by atoms with Gasteiger partial charge >= 0.3 is 0 Å². The van der Waals surface area contributed by atoms with Crippen molar-refractivity contribution in [1.29, 1.82) is 0 Å². The first-order valence-electron chi connectivity index (χ1n) is 5.64. The number of furan rings is 1. The van der Waals surface area contributed by atoms with Crippen molar-refractivity contribution in [2.24, 2.45) is 0 Å². The van der Waals surface area contributed by atoms with Gasteiger partial charge in [-0.05, 0) is 19.2 Å². The van der Waals surface area contributed by atoms with Gasteiger partial charge in [0.05, 0.1) is 19.1 Å². The van der Waals surface area contributed by atoms with Crippen molar-refractivity contribution in [1.82, 2.24) is 4.90 Å². The molecule has 18 heavy (non-hydrogen) atoms. The van der Waals surface area contributed by atoms with Crippen LogP contribution in [0.2, 0.25) is 0 Å². The van der Waals surface area contributed by atoms with E-state index in [4.69, 9.17) is 4.42 Å². The van der Waals surface area contributed by atoms with Crippen molar-refractivity contribution in [2.45, 2.75) is 6.54 Å². The third-order valence-corrected chi connectivity index (χ3v) is 3.31. The van der Waals surface area contributed by atoms with E-state index in [1.807, 2.05) is 42.3 Å². The maximum absolute atomic E-state index is 12.1. The van der Waals surface area contributed by atoms with E-state index in [2.05, 4.69) is 15.9 Å². The number of carbonyl (C=O) groups excluding carboxylic acids is 1. The second kappa shape index (κ2) is 5.98. The molecule has 0 aliphatic heterocycles. The minimum atomic E-state index is 0.105. The quantitative estimate of drug-likeness (QED) is 0.794. The predicted molar refractivity (Wildman–Crippen MR) is 73.5 cm³/mol. The number of Topliss-reactive ketones (excluding diaryl/α,β-unsaturated/α-hetero) is 1. The number of ketones is 1. The SMILES string of the molecule is CN(CC(=O)c1ccccc1Br)Cc1ccoc1. The highest BCUT2D eigenvalue weighted by molar-refractivity contribution is 9.10. The molecular formula is C14H14BrNO2. The van der Waals surface area contributed by atoms with Crippen LogP contribution in [0.15, 0.2) is 51.7 Å². The molecule has 0 N–H and O–H groups in total. The Labute approximate surface area is 115 Å². The maximum atomic E-state index is 12.1. The Bertz CT molecular complexity index is 522. The topological polar surface area (TPSA) is 33.5 Å². The van der Waals surface area contributed by atoms with Gasteiger partial charge in [-0.2, -0.15) is 0 Å². The molecule has 0 fully saturated rings. The van der Waals surface area contributed by atoms with Crippen LogP contribution in [0.25, 0.3) is 0 Å². The number of carbonyl (C=O) groups is 1. The summed E-state index contributed by atoms with van der Waals surface area (Å²) in [6, 6.07) is 9.38. The van der Waals surface area contributed by atoms with Crippen LogP contribution in [-0.2, 0) is 6.54 Å². The van der Waals surface area contributed by atoms with Gasteiger partial charge in [0.25, 0.3) is 0 Å². The second-order valence-corrected chi connectivity index (χ2v) is 5.06. The lowest BCUT2D eigenvalue weighted by molar-refractivity contribution is 0.0942. The molecule has 0 saturated heterocycles. The molecule has 0 bridgehead atoms. The predicted octanol–water partition coefficient (Wildman–Crippen LogP) is 3.36. The first kappa shape index (κ1) is 13.1. The van der Waals surface area contributed by atoms with Crippen LogP contribution in [0.3, 0.4) is 0 Å². The molecule has 1 heterocycles. The van der Waals surface area contributed by atoms with Crippen molar-refractivity contribution < 1.29 is 9.21 Å². The van der Waals surface area contributed by atoms with Crippen LogP contribution < -0.4 is 0 Å². The van der Waals surface area contributed by atoms with Crippen molar-refractivity contribution in [3.63, 3.8) is 0 Å². The average Bonchev–Trinajstić information content (AvgIpc) is 2.82. The number of rotatable bonds is 5. The summed E-state index contributed by atoms with van der Waals surface area (Å²) in [5.74, 6) is 0.105. The third-order valence-electron chi connectivity index (χ3n) is 2.62. The molecule has 0 amide bonds. The molecule has 1 aromatic carbocycles. The largest absolute Gasteiger partial charge is 0.472 e. The van der Waals surface area contributed by atoms with E-state index >= 15 is 0 Å². The molecule has 0 aliphatic rings. The van der Waals surface area contributed by atoms with Crippen LogP contribution in [0.1, 0.15) is 15.9 Å². The summed E-state index contributed by atoms with van der Waals surface area (Å²) in [5, 5.41) is 0. The van der Waals surface area contributed by atoms with Gasteiger partial charge in [0, 0.05) is 22.1 Å². The Morgan fingerprint density at radius 3 is 2.78 bits per heavy atom. The van der Waals surface area contributed by atoms with E-state index in [1.165, 1.54) is 0 Å². The van der Waals surface area contributed by atoms with E-state index in [0.717, 1.165) is 15.6 Å². The number of hydrogen-bond acceptors (Lipinski definition) is 3. The van der Waals surface area contributed by atoms with Crippen LogP contribution >= 0.6 is 15.9 Å². The summed E-state index contributed by atoms with van der Waals surface area (Å²) in [6.45, 7) is 1.08. The van der Waals surface area contributed by atoms with Gasteiger partial charge in [-0.1, -0.05) is 34.1 Å². The fraction of sp³-hybridized carbons (Fsp3) is 0.214. The smallest absolute Gasteiger partial charge is 0.177 e. The monoisotopic (exact) mass is 307 g/mol. The molecular weight excluding hydrogens is 294 g/mol. The molecule has 0 unspecified atom stereocenters. The standard InChI is InChI=1S/C14H14BrNO2/c1-16(8-11-6-7-18-10-11)9-14(17)12-4-2-3-5-13(12)15/h2-7,10H,8-9H2,1H3. The highest BCUT2D eigenvalue weighted by Crippen LogP contribution is 2.17. The lowest BCUT2D eigenvalue weighted by Gasteiger charge is -2.15. The zero-order chi connectivity index (χ0) is 13.0. The molecule has 3 nitrogen and oxygen atoms in total. The van der Waals surface area contributed by atoms with Crippen LogP contribution in [-0.4, -0.2) is 24.3 Å². The van der Waals surface area contributed by atoms with Gasteiger partial charge in [-0.3, -0.25) is 9.69 Å². The van der Waals surface area contributed by atoms with Gasteiger partial charge in [0.1, 0.15) is 0 Å². The number of benzene rings is 1. The molecule has 0 aliphatic carbocycles. The zero-order valence-electron chi connectivity index (χ0n) is 10.1. The maximum Gasteiger partial charge on any atom is 0.177 e. The summed E-state index contributed by atoms with van der Waals surface area (Å²) < 4.78 is 5.84. The van der Waals surface area contributed by atoms with Crippen molar-refractivity contribution in [2.75, 3.05) is 13.6 Å².